The number of H-pyrrole nitrogens is 1. The summed E-state index contributed by atoms with van der Waals surface area (Å²) in [5, 5.41) is 8.89. The highest BCUT2D eigenvalue weighted by Crippen LogP contribution is 2.24. The molecule has 0 aliphatic heterocycles. The molecule has 1 heterocycles. The molecule has 8 nitrogen and oxygen atoms in total. The SMILES string of the molecule is COc1ccc(C(=O)O)c(NS(=O)(=O)c2cnc[nH]2)c1. The third-order valence-corrected chi connectivity index (χ3v) is 3.76. The highest BCUT2D eigenvalue weighted by Gasteiger charge is 2.20. The van der Waals surface area contributed by atoms with Gasteiger partial charge in [-0.2, -0.15) is 8.42 Å². The Morgan fingerprint density at radius 3 is 2.75 bits per heavy atom. The van der Waals surface area contributed by atoms with Crippen LogP contribution in [0, 0.1) is 0 Å². The quantitative estimate of drug-likeness (QED) is 0.754. The molecule has 0 aliphatic carbocycles. The van der Waals surface area contributed by atoms with Crippen LogP contribution in [0.15, 0.2) is 35.7 Å². The van der Waals surface area contributed by atoms with Gasteiger partial charge in [-0.25, -0.2) is 9.78 Å². The summed E-state index contributed by atoms with van der Waals surface area (Å²) in [6.07, 6.45) is 2.32. The minimum Gasteiger partial charge on any atom is -0.497 e. The Kier molecular flexibility index (Phi) is 3.61. The number of aromatic nitrogens is 2. The number of hydrogen-bond donors (Lipinski definition) is 3. The Balaban J connectivity index is 2.44. The molecule has 0 amide bonds. The van der Waals surface area contributed by atoms with Crippen molar-refractivity contribution in [1.82, 2.24) is 9.97 Å². The molecule has 20 heavy (non-hydrogen) atoms. The number of nitrogens with one attached hydrogen (secondary N) is 2. The second-order valence-corrected chi connectivity index (χ2v) is 5.39. The van der Waals surface area contributed by atoms with E-state index in [1.807, 2.05) is 0 Å². The van der Waals surface area contributed by atoms with Crippen LogP contribution in [0.3, 0.4) is 0 Å². The predicted octanol–water partition coefficient (Wildman–Crippen LogP) is 0.917. The number of carbonyl (C=O) groups is 1. The van der Waals surface area contributed by atoms with E-state index in [1.165, 1.54) is 31.6 Å². The van der Waals surface area contributed by atoms with Gasteiger partial charge in [0.2, 0.25) is 0 Å². The highest BCUT2D eigenvalue weighted by atomic mass is 32.2. The second kappa shape index (κ2) is 5.21. The fraction of sp³-hybridized carbons (Fsp3) is 0.0909. The zero-order valence-electron chi connectivity index (χ0n) is 10.3. The summed E-state index contributed by atoms with van der Waals surface area (Å²) in [5.41, 5.74) is -0.277. The number of ether oxygens (including phenoxy) is 1. The number of aromatic carboxylic acids is 1. The van der Waals surface area contributed by atoms with E-state index in [4.69, 9.17) is 9.84 Å². The maximum absolute atomic E-state index is 12.0. The van der Waals surface area contributed by atoms with Crippen molar-refractivity contribution in [2.75, 3.05) is 11.8 Å². The molecule has 9 heteroatoms. The largest absolute Gasteiger partial charge is 0.497 e. The fourth-order valence-electron chi connectivity index (χ4n) is 1.51. The topological polar surface area (TPSA) is 121 Å². The molecule has 0 aliphatic rings. The first-order chi connectivity index (χ1) is 9.44. The molecule has 0 radical (unpaired) electrons. The number of nitrogens with zero attached hydrogens (tertiary/aromatic N) is 1. The maximum atomic E-state index is 12.0. The van der Waals surface area contributed by atoms with E-state index < -0.39 is 16.0 Å². The monoisotopic (exact) mass is 297 g/mol. The molecule has 0 atom stereocenters. The van der Waals surface area contributed by atoms with Gasteiger partial charge < -0.3 is 14.8 Å². The summed E-state index contributed by atoms with van der Waals surface area (Å²) in [4.78, 5) is 17.1. The van der Waals surface area contributed by atoms with E-state index in [-0.39, 0.29) is 16.3 Å². The summed E-state index contributed by atoms with van der Waals surface area (Å²) in [6.45, 7) is 0. The molecule has 1 aromatic carbocycles. The number of sulfonamides is 1. The van der Waals surface area contributed by atoms with Crippen molar-refractivity contribution in [2.24, 2.45) is 0 Å². The Morgan fingerprint density at radius 2 is 2.20 bits per heavy atom. The Morgan fingerprint density at radius 1 is 1.45 bits per heavy atom. The summed E-state index contributed by atoms with van der Waals surface area (Å²) < 4.78 is 31.2. The normalized spacial score (nSPS) is 11.1. The first-order valence-corrected chi connectivity index (χ1v) is 6.85. The minimum absolute atomic E-state index is 0.0912. The third kappa shape index (κ3) is 2.72. The lowest BCUT2D eigenvalue weighted by Gasteiger charge is -2.10. The lowest BCUT2D eigenvalue weighted by atomic mass is 10.2. The van der Waals surface area contributed by atoms with Gasteiger partial charge in [0.1, 0.15) is 5.75 Å². The van der Waals surface area contributed by atoms with Gasteiger partial charge in [-0.1, -0.05) is 0 Å². The smallest absolute Gasteiger partial charge is 0.337 e. The van der Waals surface area contributed by atoms with Crippen molar-refractivity contribution in [3.8, 4) is 5.75 Å². The van der Waals surface area contributed by atoms with Crippen LogP contribution in [0.2, 0.25) is 0 Å². The van der Waals surface area contributed by atoms with Gasteiger partial charge in [-0.3, -0.25) is 4.72 Å². The number of imidazole rings is 1. The Hall–Kier alpha value is -2.55. The van der Waals surface area contributed by atoms with Crippen LogP contribution in [0.1, 0.15) is 10.4 Å². The summed E-state index contributed by atoms with van der Waals surface area (Å²) in [7, 11) is -2.55. The minimum atomic E-state index is -3.94. The van der Waals surface area contributed by atoms with E-state index in [2.05, 4.69) is 14.7 Å². The fourth-order valence-corrected chi connectivity index (χ4v) is 2.49. The lowest BCUT2D eigenvalue weighted by Crippen LogP contribution is -2.16. The Bertz CT molecular complexity index is 725. The zero-order valence-corrected chi connectivity index (χ0v) is 11.1. The first kappa shape index (κ1) is 13.9. The molecule has 3 N–H and O–H groups in total. The van der Waals surface area contributed by atoms with Crippen molar-refractivity contribution in [3.05, 3.63) is 36.3 Å². The van der Waals surface area contributed by atoms with E-state index in [9.17, 15) is 13.2 Å². The number of rotatable bonds is 5. The van der Waals surface area contributed by atoms with Crippen molar-refractivity contribution >= 4 is 21.7 Å². The molecule has 106 valence electrons. The van der Waals surface area contributed by atoms with Crippen LogP contribution >= 0.6 is 0 Å². The first-order valence-electron chi connectivity index (χ1n) is 5.36. The van der Waals surface area contributed by atoms with E-state index in [0.717, 1.165) is 6.20 Å². The molecular weight excluding hydrogens is 286 g/mol. The molecule has 0 unspecified atom stereocenters. The van der Waals surface area contributed by atoms with Crippen LogP contribution in [0.4, 0.5) is 5.69 Å². The molecule has 0 saturated heterocycles. The molecule has 0 bridgehead atoms. The van der Waals surface area contributed by atoms with Crippen molar-refractivity contribution in [1.29, 1.82) is 0 Å². The van der Waals surface area contributed by atoms with Crippen LogP contribution in [-0.2, 0) is 10.0 Å². The van der Waals surface area contributed by atoms with Crippen LogP contribution in [-0.4, -0.2) is 36.6 Å². The van der Waals surface area contributed by atoms with Gasteiger partial charge in [0.05, 0.1) is 30.9 Å². The van der Waals surface area contributed by atoms with E-state index in [0.29, 0.717) is 5.75 Å². The molecule has 2 rings (SSSR count). The third-order valence-electron chi connectivity index (χ3n) is 2.46. The number of carboxylic acid groups (broad SMARTS) is 1. The lowest BCUT2D eigenvalue weighted by molar-refractivity contribution is 0.0698. The molecular formula is C11H11N3O5S. The van der Waals surface area contributed by atoms with Gasteiger partial charge in [0.15, 0.2) is 5.03 Å². The number of aromatic amines is 1. The van der Waals surface area contributed by atoms with Crippen molar-refractivity contribution in [3.63, 3.8) is 0 Å². The van der Waals surface area contributed by atoms with E-state index >= 15 is 0 Å². The zero-order chi connectivity index (χ0) is 14.8. The molecule has 2 aromatic rings. The highest BCUT2D eigenvalue weighted by molar-refractivity contribution is 7.92. The predicted molar refractivity (Wildman–Crippen MR) is 69.3 cm³/mol. The van der Waals surface area contributed by atoms with Gasteiger partial charge in [0.25, 0.3) is 10.0 Å². The van der Waals surface area contributed by atoms with Gasteiger partial charge in [0, 0.05) is 6.07 Å². The molecule has 0 fully saturated rings. The molecule has 0 saturated carbocycles. The number of carboxylic acids is 1. The second-order valence-electron chi connectivity index (χ2n) is 3.74. The number of benzene rings is 1. The van der Waals surface area contributed by atoms with Crippen LogP contribution in [0.25, 0.3) is 0 Å². The molecule has 0 spiro atoms. The average Bonchev–Trinajstić information content (AvgIpc) is 2.92. The summed E-state index contributed by atoms with van der Waals surface area (Å²) >= 11 is 0. The average molecular weight is 297 g/mol. The maximum Gasteiger partial charge on any atom is 0.337 e. The van der Waals surface area contributed by atoms with Gasteiger partial charge >= 0.3 is 5.97 Å². The number of anilines is 1. The Labute approximate surface area is 114 Å². The van der Waals surface area contributed by atoms with E-state index in [1.54, 1.807) is 0 Å². The van der Waals surface area contributed by atoms with Gasteiger partial charge in [-0.05, 0) is 12.1 Å². The van der Waals surface area contributed by atoms with Crippen LogP contribution < -0.4 is 9.46 Å². The number of methoxy groups -OCH3 is 1. The molecule has 1 aromatic heterocycles. The summed E-state index contributed by atoms with van der Waals surface area (Å²) in [6, 6.07) is 3.97. The summed E-state index contributed by atoms with van der Waals surface area (Å²) in [5.74, 6) is -0.924. The van der Waals surface area contributed by atoms with Crippen molar-refractivity contribution in [2.45, 2.75) is 5.03 Å². The van der Waals surface area contributed by atoms with Crippen molar-refractivity contribution < 1.29 is 23.1 Å². The van der Waals surface area contributed by atoms with Crippen LogP contribution in [0.5, 0.6) is 5.75 Å². The standard InChI is InChI=1S/C11H11N3O5S/c1-19-7-2-3-8(11(15)16)9(4-7)14-20(17,18)10-5-12-6-13-10/h2-6,14H,1H3,(H,12,13)(H,15,16). The van der Waals surface area contributed by atoms with Gasteiger partial charge in [-0.15, -0.1) is 0 Å². The number of hydrogen-bond acceptors (Lipinski definition) is 5.